The van der Waals surface area contributed by atoms with Gasteiger partial charge >= 0.3 is 5.97 Å². The molecule has 6 nitrogen and oxygen atoms in total. The number of amides is 1. The molecule has 0 N–H and O–H groups in total. The van der Waals surface area contributed by atoms with Crippen LogP contribution in [0.2, 0.25) is 0 Å². The molecule has 1 atom stereocenters. The van der Waals surface area contributed by atoms with Crippen LogP contribution < -0.4 is 14.5 Å². The third-order valence-electron chi connectivity index (χ3n) is 4.69. The van der Waals surface area contributed by atoms with Crippen LogP contribution in [0.4, 0.5) is 11.4 Å². The van der Waals surface area contributed by atoms with Crippen LogP contribution in [0.5, 0.6) is 5.75 Å². The zero-order chi connectivity index (χ0) is 18.8. The minimum Gasteiger partial charge on any atom is -0.475 e. The largest absolute Gasteiger partial charge is 0.475 e. The molecule has 0 bridgehead atoms. The Morgan fingerprint density at radius 1 is 1.15 bits per heavy atom. The van der Waals surface area contributed by atoms with Gasteiger partial charge in [0.2, 0.25) is 12.0 Å². The zero-order valence-corrected chi connectivity index (χ0v) is 15.8. The highest BCUT2D eigenvalue weighted by Gasteiger charge is 2.35. The van der Waals surface area contributed by atoms with Gasteiger partial charge in [-0.15, -0.1) is 11.8 Å². The maximum absolute atomic E-state index is 13.2. The van der Waals surface area contributed by atoms with Gasteiger partial charge < -0.3 is 19.3 Å². The fourth-order valence-electron chi connectivity index (χ4n) is 3.36. The lowest BCUT2D eigenvalue weighted by Crippen LogP contribution is -2.50. The van der Waals surface area contributed by atoms with Crippen molar-refractivity contribution in [1.82, 2.24) is 0 Å². The van der Waals surface area contributed by atoms with Gasteiger partial charge in [-0.1, -0.05) is 24.3 Å². The van der Waals surface area contributed by atoms with E-state index in [0.29, 0.717) is 11.4 Å². The topological polar surface area (TPSA) is 59.1 Å². The fraction of sp³-hybridized carbons (Fsp3) is 0.300. The molecule has 1 unspecified atom stereocenters. The lowest BCUT2D eigenvalue weighted by molar-refractivity contribution is -0.148. The van der Waals surface area contributed by atoms with E-state index >= 15 is 0 Å². The first-order chi connectivity index (χ1) is 13.2. The number of para-hydroxylation sites is 3. The summed E-state index contributed by atoms with van der Waals surface area (Å²) < 4.78 is 10.5. The number of carbonyl (C=O) groups excluding carboxylic acids is 2. The highest BCUT2D eigenvalue weighted by molar-refractivity contribution is 7.99. The van der Waals surface area contributed by atoms with E-state index in [1.807, 2.05) is 36.4 Å². The van der Waals surface area contributed by atoms with Crippen molar-refractivity contribution in [3.63, 3.8) is 0 Å². The fourth-order valence-corrected chi connectivity index (χ4v) is 4.42. The van der Waals surface area contributed by atoms with E-state index in [1.165, 1.54) is 12.0 Å². The average Bonchev–Trinajstić information content (AvgIpc) is 2.72. The number of hydrogen-bond donors (Lipinski definition) is 0. The second kappa shape index (κ2) is 7.52. The Labute approximate surface area is 162 Å². The number of rotatable bonds is 3. The first kappa shape index (κ1) is 17.7. The third kappa shape index (κ3) is 3.47. The van der Waals surface area contributed by atoms with E-state index in [1.54, 1.807) is 22.7 Å². The maximum Gasteiger partial charge on any atom is 0.348 e. The van der Waals surface area contributed by atoms with E-state index in [-0.39, 0.29) is 19.0 Å². The van der Waals surface area contributed by atoms with E-state index in [4.69, 9.17) is 9.47 Å². The van der Waals surface area contributed by atoms with E-state index < -0.39 is 12.1 Å². The molecule has 2 aliphatic heterocycles. The molecule has 140 valence electrons. The monoisotopic (exact) mass is 384 g/mol. The molecule has 2 aromatic carbocycles. The standard InChI is InChI=1S/C20H20N2O4S/c1-25-20(24)17-12-22(14-6-2-4-8-16(14)26-17)19(23)13-21-10-11-27-18-9-5-3-7-15(18)21/h2-9,17H,10-13H2,1H3. The molecule has 0 saturated carbocycles. The number of benzene rings is 2. The highest BCUT2D eigenvalue weighted by Crippen LogP contribution is 2.36. The predicted octanol–water partition coefficient (Wildman–Crippen LogP) is 2.57. The molecule has 0 spiro atoms. The van der Waals surface area contributed by atoms with Crippen LogP contribution in [0.25, 0.3) is 0 Å². The summed E-state index contributed by atoms with van der Waals surface area (Å²) in [6, 6.07) is 15.4. The minimum atomic E-state index is -0.821. The van der Waals surface area contributed by atoms with Crippen LogP contribution in [-0.4, -0.2) is 50.5 Å². The Morgan fingerprint density at radius 3 is 2.70 bits per heavy atom. The number of esters is 1. The zero-order valence-electron chi connectivity index (χ0n) is 15.0. The first-order valence-corrected chi connectivity index (χ1v) is 9.76. The summed E-state index contributed by atoms with van der Waals surface area (Å²) in [6.45, 7) is 1.20. The Bertz CT molecular complexity index is 873. The van der Waals surface area contributed by atoms with Gasteiger partial charge in [-0.3, -0.25) is 4.79 Å². The quantitative estimate of drug-likeness (QED) is 0.758. The molecule has 4 rings (SSSR count). The summed E-state index contributed by atoms with van der Waals surface area (Å²) in [5.41, 5.74) is 1.76. The Balaban J connectivity index is 1.59. The first-order valence-electron chi connectivity index (χ1n) is 8.78. The van der Waals surface area contributed by atoms with Gasteiger partial charge in [0, 0.05) is 17.2 Å². The van der Waals surface area contributed by atoms with Gasteiger partial charge in [0.25, 0.3) is 0 Å². The summed E-state index contributed by atoms with van der Waals surface area (Å²) in [6.07, 6.45) is -0.821. The van der Waals surface area contributed by atoms with Gasteiger partial charge in [-0.05, 0) is 24.3 Å². The van der Waals surface area contributed by atoms with Crippen LogP contribution >= 0.6 is 11.8 Å². The maximum atomic E-state index is 13.2. The number of anilines is 2. The van der Waals surface area contributed by atoms with E-state index in [2.05, 4.69) is 11.0 Å². The van der Waals surface area contributed by atoms with Crippen molar-refractivity contribution in [3.05, 3.63) is 48.5 Å². The molecule has 0 saturated heterocycles. The molecule has 2 heterocycles. The number of nitrogens with zero attached hydrogens (tertiary/aromatic N) is 2. The van der Waals surface area contributed by atoms with E-state index in [0.717, 1.165) is 18.0 Å². The van der Waals surface area contributed by atoms with Gasteiger partial charge in [0.05, 0.1) is 31.6 Å². The molecule has 1 amide bonds. The molecule has 7 heteroatoms. The number of ether oxygens (including phenoxy) is 2. The Hall–Kier alpha value is -2.67. The molecule has 2 aliphatic rings. The summed E-state index contributed by atoms with van der Waals surface area (Å²) in [7, 11) is 1.32. The predicted molar refractivity (Wildman–Crippen MR) is 105 cm³/mol. The van der Waals surface area contributed by atoms with Crippen molar-refractivity contribution >= 4 is 35.0 Å². The number of fused-ring (bicyclic) bond motifs is 2. The van der Waals surface area contributed by atoms with Crippen molar-refractivity contribution in [2.45, 2.75) is 11.0 Å². The third-order valence-corrected chi connectivity index (χ3v) is 5.73. The van der Waals surface area contributed by atoms with Gasteiger partial charge in [-0.2, -0.15) is 0 Å². The second-order valence-corrected chi connectivity index (χ2v) is 7.48. The van der Waals surface area contributed by atoms with Crippen LogP contribution in [0.1, 0.15) is 0 Å². The van der Waals surface area contributed by atoms with Crippen LogP contribution in [0.3, 0.4) is 0 Å². The average molecular weight is 384 g/mol. The Kier molecular flexibility index (Phi) is 4.94. The molecule has 0 aromatic heterocycles. The number of methoxy groups -OCH3 is 1. The van der Waals surface area contributed by atoms with Crippen LogP contribution in [0, 0.1) is 0 Å². The number of hydrogen-bond acceptors (Lipinski definition) is 6. The lowest BCUT2D eigenvalue weighted by Gasteiger charge is -2.36. The number of thioether (sulfide) groups is 1. The molecule has 0 radical (unpaired) electrons. The highest BCUT2D eigenvalue weighted by atomic mass is 32.2. The molecule has 2 aromatic rings. The normalized spacial score (nSPS) is 18.2. The smallest absolute Gasteiger partial charge is 0.348 e. The van der Waals surface area contributed by atoms with Crippen molar-refractivity contribution in [2.24, 2.45) is 0 Å². The minimum absolute atomic E-state index is 0.0682. The lowest BCUT2D eigenvalue weighted by atomic mass is 10.1. The molecule has 27 heavy (non-hydrogen) atoms. The van der Waals surface area contributed by atoms with Crippen molar-refractivity contribution in [1.29, 1.82) is 0 Å². The van der Waals surface area contributed by atoms with Crippen molar-refractivity contribution in [2.75, 3.05) is 42.3 Å². The summed E-state index contributed by atoms with van der Waals surface area (Å²) in [4.78, 5) is 30.1. The molecule has 0 aliphatic carbocycles. The molecule has 0 fully saturated rings. The van der Waals surface area contributed by atoms with Crippen LogP contribution in [-0.2, 0) is 14.3 Å². The SMILES string of the molecule is COC(=O)C1CN(C(=O)CN2CCSc3ccccc32)c2ccccc2O1. The van der Waals surface area contributed by atoms with Gasteiger partial charge in [0.1, 0.15) is 5.75 Å². The van der Waals surface area contributed by atoms with Crippen LogP contribution in [0.15, 0.2) is 53.4 Å². The van der Waals surface area contributed by atoms with Crippen molar-refractivity contribution in [3.8, 4) is 5.75 Å². The summed E-state index contributed by atoms with van der Waals surface area (Å²) in [5.74, 6) is 0.903. The summed E-state index contributed by atoms with van der Waals surface area (Å²) >= 11 is 1.80. The van der Waals surface area contributed by atoms with Crippen molar-refractivity contribution < 1.29 is 19.1 Å². The Morgan fingerprint density at radius 2 is 1.89 bits per heavy atom. The molecular formula is C20H20N2O4S. The summed E-state index contributed by atoms with van der Waals surface area (Å²) in [5, 5.41) is 0. The van der Waals surface area contributed by atoms with Gasteiger partial charge in [0.15, 0.2) is 0 Å². The van der Waals surface area contributed by atoms with Gasteiger partial charge in [-0.25, -0.2) is 4.79 Å². The van der Waals surface area contributed by atoms with E-state index in [9.17, 15) is 9.59 Å². The molecular weight excluding hydrogens is 364 g/mol. The number of carbonyl (C=O) groups is 2. The second-order valence-electron chi connectivity index (χ2n) is 6.34.